The topological polar surface area (TPSA) is 122 Å². The van der Waals surface area contributed by atoms with Crippen LogP contribution >= 0.6 is 0 Å². The van der Waals surface area contributed by atoms with Crippen molar-refractivity contribution in [3.63, 3.8) is 0 Å². The molecule has 0 bridgehead atoms. The number of carbonyl (C=O) groups excluding carboxylic acids is 2. The lowest BCUT2D eigenvalue weighted by atomic mass is 9.48. The van der Waals surface area contributed by atoms with Gasteiger partial charge in [0.1, 0.15) is 11.6 Å². The van der Waals surface area contributed by atoms with Crippen LogP contribution in [-0.4, -0.2) is 150 Å². The predicted octanol–water partition coefficient (Wildman–Crippen LogP) is 7.30. The Labute approximate surface area is 408 Å². The molecule has 67 heavy (non-hydrogen) atoms. The van der Waals surface area contributed by atoms with Crippen molar-refractivity contribution in [2.45, 2.75) is 161 Å². The third-order valence-electron chi connectivity index (χ3n) is 22.3. The number of nitrogens with zero attached hydrogens (tertiary/aromatic N) is 4. The van der Waals surface area contributed by atoms with E-state index in [1.165, 1.54) is 77.0 Å². The van der Waals surface area contributed by atoms with E-state index >= 15 is 0 Å². The SMILES string of the molecule is C=S(C)(=O)N1CCN(CC(=O)[C@H]2CC[C@H]3[C@@H]4CC[C@@H]5C[C@](C)(O)CC[C@@H]5[C@H]4CC[C@]23C)CC1.C=S(C)(=O)N1CCN(CC(=O)[C@H]2CC[C@H]3[C@@H]4CC[C@H]5C[C@@](O)(CC)CC[C@@H]5[C@H]4CC[C@]23C)CC1. The normalized spacial score (nSPS) is 47.8. The Kier molecular flexibility index (Phi) is 14.6. The maximum absolute atomic E-state index is 13.6. The van der Waals surface area contributed by atoms with Gasteiger partial charge in [-0.1, -0.05) is 20.8 Å². The van der Waals surface area contributed by atoms with Gasteiger partial charge in [0.2, 0.25) is 0 Å². The van der Waals surface area contributed by atoms with Crippen LogP contribution in [0, 0.1) is 81.8 Å². The van der Waals surface area contributed by atoms with Crippen LogP contribution in [0.5, 0.6) is 0 Å². The first-order valence-corrected chi connectivity index (χ1v) is 31.8. The minimum absolute atomic E-state index is 0.177. The molecule has 0 amide bonds. The largest absolute Gasteiger partial charge is 0.390 e. The summed E-state index contributed by atoms with van der Waals surface area (Å²) in [6.45, 7) is 16.5. The number of piperazine rings is 2. The van der Waals surface area contributed by atoms with Crippen molar-refractivity contribution < 1.29 is 28.2 Å². The number of hydrogen-bond acceptors (Lipinski definition) is 8. The molecule has 18 atom stereocenters. The summed E-state index contributed by atoms with van der Waals surface area (Å²) < 4.78 is 28.4. The van der Waals surface area contributed by atoms with E-state index in [1.807, 2.05) is 15.5 Å². The highest BCUT2D eigenvalue weighted by Gasteiger charge is 2.61. The molecule has 8 saturated carbocycles. The van der Waals surface area contributed by atoms with Crippen LogP contribution in [0.3, 0.4) is 0 Å². The van der Waals surface area contributed by atoms with Crippen molar-refractivity contribution in [3.8, 4) is 0 Å². The lowest BCUT2D eigenvalue weighted by molar-refractivity contribution is -0.134. The van der Waals surface area contributed by atoms with Crippen molar-refractivity contribution >= 4 is 42.7 Å². The lowest BCUT2D eigenvalue weighted by Gasteiger charge is -2.57. The summed E-state index contributed by atoms with van der Waals surface area (Å²) in [5.41, 5.74) is -0.501. The van der Waals surface area contributed by atoms with Crippen molar-refractivity contribution in [2.75, 3.05) is 78.0 Å². The average molecular weight is 972 g/mol. The molecule has 0 aromatic heterocycles. The van der Waals surface area contributed by atoms with Gasteiger partial charge in [-0.2, -0.15) is 0 Å². The molecule has 10 nitrogen and oxygen atoms in total. The zero-order valence-electron chi connectivity index (χ0n) is 43.0. The molecule has 10 fully saturated rings. The van der Waals surface area contributed by atoms with Gasteiger partial charge in [-0.05, 0) is 211 Å². The number of ketones is 2. The molecule has 0 radical (unpaired) electrons. The second-order valence-corrected chi connectivity index (χ2v) is 30.9. The van der Waals surface area contributed by atoms with Gasteiger partial charge in [-0.25, -0.2) is 8.61 Å². The molecule has 12 heteroatoms. The summed E-state index contributed by atoms with van der Waals surface area (Å²) in [5, 5.41) is 21.6. The number of Topliss-reactive ketones (excluding diaryl/α,β-unsaturated/α-hetero) is 2. The van der Waals surface area contributed by atoms with Crippen LogP contribution in [0.15, 0.2) is 0 Å². The molecule has 8 aliphatic carbocycles. The number of aliphatic hydroxyl groups is 2. The van der Waals surface area contributed by atoms with Gasteiger partial charge < -0.3 is 10.2 Å². The number of fused-ring (bicyclic) bond motifs is 10. The van der Waals surface area contributed by atoms with Crippen molar-refractivity contribution in [3.05, 3.63) is 0 Å². The van der Waals surface area contributed by atoms with Gasteiger partial charge in [-0.3, -0.25) is 27.8 Å². The van der Waals surface area contributed by atoms with E-state index in [1.54, 1.807) is 12.5 Å². The monoisotopic (exact) mass is 971 g/mol. The lowest BCUT2D eigenvalue weighted by Crippen LogP contribution is -2.53. The molecule has 0 aromatic carbocycles. The maximum atomic E-state index is 13.6. The first-order chi connectivity index (χ1) is 31.5. The Hall–Kier alpha value is -0.860. The van der Waals surface area contributed by atoms with E-state index in [4.69, 9.17) is 0 Å². The molecule has 0 aromatic rings. The van der Waals surface area contributed by atoms with E-state index in [-0.39, 0.29) is 22.7 Å². The minimum Gasteiger partial charge on any atom is -0.390 e. The number of rotatable bonds is 9. The van der Waals surface area contributed by atoms with Crippen LogP contribution in [0.4, 0.5) is 0 Å². The van der Waals surface area contributed by atoms with Crippen molar-refractivity contribution in [2.24, 2.45) is 81.8 Å². The highest BCUT2D eigenvalue weighted by atomic mass is 32.2. The highest BCUT2D eigenvalue weighted by molar-refractivity contribution is 7.97. The second kappa shape index (κ2) is 19.2. The van der Waals surface area contributed by atoms with Gasteiger partial charge in [0.05, 0.1) is 24.3 Å². The number of hydrogen-bond donors (Lipinski definition) is 2. The zero-order chi connectivity index (χ0) is 47.9. The molecule has 2 N–H and O–H groups in total. The van der Waals surface area contributed by atoms with Crippen LogP contribution in [0.1, 0.15) is 150 Å². The average Bonchev–Trinajstić information content (AvgIpc) is 3.82. The fraction of sp³-hybridized carbons (Fsp3) is 0.927. The third-order valence-corrected chi connectivity index (χ3v) is 25.2. The molecular formula is C55H94N4O6S2. The standard InChI is InChI=1S/C28H48N2O3S.C27H46N2O3S/c1-5-28(32)13-11-21-20(18-28)6-7-23-22(21)10-12-27(2)24(23)8-9-25(27)26(31)19-29-14-16-30(17-15-29)34(3,4)33;1-26(31)11-9-20-19(17-26)5-6-22-21(20)10-12-27(2)23(22)7-8-24(27)25(30)18-28-13-15-29(16-14-28)33(3,4)32/h20-25,32H,3,5-19H2,1-2,4H3;19-24,31H,3,5-18H2,1-2,4H3/t20-,21-,22+,23+,24-,25+,27-,28+,34?;19-,20+,21-,22-,23+,24-,26-,27+,33?/m01/s1. The molecule has 382 valence electrons. The fourth-order valence-corrected chi connectivity index (χ4v) is 20.5. The van der Waals surface area contributed by atoms with E-state index in [0.29, 0.717) is 42.4 Å². The van der Waals surface area contributed by atoms with Gasteiger partial charge in [-0.15, -0.1) is 0 Å². The molecule has 10 rings (SSSR count). The van der Waals surface area contributed by atoms with Gasteiger partial charge in [0, 0.05) is 96.1 Å². The molecule has 2 aliphatic heterocycles. The van der Waals surface area contributed by atoms with Crippen molar-refractivity contribution in [1.82, 2.24) is 18.4 Å². The van der Waals surface area contributed by atoms with Crippen molar-refractivity contribution in [1.29, 1.82) is 0 Å². The highest BCUT2D eigenvalue weighted by Crippen LogP contribution is 2.66. The summed E-state index contributed by atoms with van der Waals surface area (Å²) in [4.78, 5) is 31.7. The molecule has 10 aliphatic rings. The Balaban J connectivity index is 0.000000168. The van der Waals surface area contributed by atoms with Gasteiger partial charge in [0.15, 0.2) is 0 Å². The summed E-state index contributed by atoms with van der Waals surface area (Å²) in [7, 11) is -4.28. The first kappa shape index (κ1) is 51.1. The number of carbonyl (C=O) groups is 2. The Morgan fingerprint density at radius 3 is 1.34 bits per heavy atom. The smallest absolute Gasteiger partial charge is 0.150 e. The van der Waals surface area contributed by atoms with E-state index in [9.17, 15) is 28.2 Å². The van der Waals surface area contributed by atoms with Crippen LogP contribution in [0.25, 0.3) is 0 Å². The second-order valence-electron chi connectivity index (χ2n) is 26.0. The third kappa shape index (κ3) is 10.1. The Morgan fingerprint density at radius 2 is 0.925 bits per heavy atom. The van der Waals surface area contributed by atoms with E-state index in [0.717, 1.165) is 139 Å². The molecule has 0 spiro atoms. The van der Waals surface area contributed by atoms with E-state index in [2.05, 4.69) is 42.3 Å². The Morgan fingerprint density at radius 1 is 0.522 bits per heavy atom. The van der Waals surface area contributed by atoms with Crippen LogP contribution in [0.2, 0.25) is 0 Å². The Bertz CT molecular complexity index is 2030. The summed E-state index contributed by atoms with van der Waals surface area (Å²) >= 11 is 0. The van der Waals surface area contributed by atoms with Crippen LogP contribution < -0.4 is 0 Å². The maximum Gasteiger partial charge on any atom is 0.150 e. The molecular weight excluding hydrogens is 877 g/mol. The minimum atomic E-state index is -2.14. The summed E-state index contributed by atoms with van der Waals surface area (Å²) in [6, 6.07) is 0. The molecule has 2 saturated heterocycles. The van der Waals surface area contributed by atoms with Gasteiger partial charge >= 0.3 is 0 Å². The van der Waals surface area contributed by atoms with Crippen LogP contribution in [-0.2, 0) is 29.0 Å². The summed E-state index contributed by atoms with van der Waals surface area (Å²) in [6.07, 6.45) is 25.5. The summed E-state index contributed by atoms with van der Waals surface area (Å²) in [5.74, 6) is 16.7. The molecule has 2 unspecified atom stereocenters. The van der Waals surface area contributed by atoms with E-state index < -0.39 is 30.6 Å². The van der Waals surface area contributed by atoms with Gasteiger partial charge in [0.25, 0.3) is 0 Å². The quantitative estimate of drug-likeness (QED) is 0.231. The fourth-order valence-electron chi connectivity index (χ4n) is 18.6. The zero-order valence-corrected chi connectivity index (χ0v) is 44.6. The predicted molar refractivity (Wildman–Crippen MR) is 275 cm³/mol. The first-order valence-electron chi connectivity index (χ1n) is 27.6. The molecule has 2 heterocycles.